The number of nitrogens with one attached hydrogen (secondary N) is 1. The predicted molar refractivity (Wildman–Crippen MR) is 135 cm³/mol. The van der Waals surface area contributed by atoms with Crippen LogP contribution in [0.1, 0.15) is 60.8 Å². The van der Waals surface area contributed by atoms with Crippen LogP contribution < -0.4 is 10.1 Å². The van der Waals surface area contributed by atoms with E-state index in [4.69, 9.17) is 9.47 Å². The van der Waals surface area contributed by atoms with Crippen molar-refractivity contribution in [2.24, 2.45) is 11.8 Å². The van der Waals surface area contributed by atoms with Crippen molar-refractivity contribution in [3.05, 3.63) is 64.7 Å². The molecule has 1 saturated heterocycles. The van der Waals surface area contributed by atoms with E-state index in [1.54, 1.807) is 7.11 Å². The van der Waals surface area contributed by atoms with E-state index in [0.717, 1.165) is 43.0 Å². The molecule has 5 nitrogen and oxygen atoms in total. The summed E-state index contributed by atoms with van der Waals surface area (Å²) in [6, 6.07) is 14.4. The zero-order chi connectivity index (χ0) is 24.0. The standard InChI is InChI=1S/C30H37NO4/c1-34-24-14-23(13-20-7-8-20)25-16-28-30(33)17-22(9-12-35-19-21-5-3-2-4-6-21)27(32)18-29(30,10-11-31-28)26(25)15-24/h2-6,14-15,20,22,28,31,33H,7-13,16-19H2,1H3/t22-,28+,29+,30+/m0/s1. The average Bonchev–Trinajstić information content (AvgIpc) is 3.67. The molecule has 0 radical (unpaired) electrons. The first-order valence-electron chi connectivity index (χ1n) is 13.3. The summed E-state index contributed by atoms with van der Waals surface area (Å²) in [5.41, 5.74) is 3.58. The van der Waals surface area contributed by atoms with Crippen LogP contribution in [0.3, 0.4) is 0 Å². The van der Waals surface area contributed by atoms with Gasteiger partial charge in [0, 0.05) is 30.4 Å². The number of ketones is 1. The third-order valence-electron chi connectivity index (χ3n) is 9.24. The smallest absolute Gasteiger partial charge is 0.137 e. The van der Waals surface area contributed by atoms with Gasteiger partial charge in [-0.3, -0.25) is 4.79 Å². The van der Waals surface area contributed by atoms with Crippen molar-refractivity contribution < 1.29 is 19.4 Å². The predicted octanol–water partition coefficient (Wildman–Crippen LogP) is 4.12. The molecule has 5 heteroatoms. The van der Waals surface area contributed by atoms with Crippen molar-refractivity contribution in [2.45, 2.75) is 75.0 Å². The Morgan fingerprint density at radius 3 is 2.77 bits per heavy atom. The van der Waals surface area contributed by atoms with Gasteiger partial charge in [-0.2, -0.15) is 0 Å². The molecule has 2 aromatic rings. The van der Waals surface area contributed by atoms with Crippen molar-refractivity contribution in [1.82, 2.24) is 5.32 Å². The Kier molecular flexibility index (Phi) is 5.98. The van der Waals surface area contributed by atoms with Crippen molar-refractivity contribution in [3.8, 4) is 5.75 Å². The largest absolute Gasteiger partial charge is 0.497 e. The number of rotatable bonds is 8. The maximum atomic E-state index is 13.6. The van der Waals surface area contributed by atoms with Crippen LogP contribution >= 0.6 is 0 Å². The molecule has 3 aliphatic carbocycles. The first-order valence-corrected chi connectivity index (χ1v) is 13.3. The molecular formula is C30H37NO4. The van der Waals surface area contributed by atoms with Crippen LogP contribution in [0.2, 0.25) is 0 Å². The molecule has 6 rings (SSSR count). The van der Waals surface area contributed by atoms with Crippen LogP contribution in [0, 0.1) is 11.8 Å². The van der Waals surface area contributed by atoms with Gasteiger partial charge >= 0.3 is 0 Å². The molecule has 0 spiro atoms. The Hall–Kier alpha value is -2.21. The molecule has 0 amide bonds. The van der Waals surface area contributed by atoms with Gasteiger partial charge in [0.1, 0.15) is 11.5 Å². The van der Waals surface area contributed by atoms with Crippen LogP contribution in [0.4, 0.5) is 0 Å². The lowest BCUT2D eigenvalue weighted by molar-refractivity contribution is -0.160. The summed E-state index contributed by atoms with van der Waals surface area (Å²) < 4.78 is 11.6. The second-order valence-electron chi connectivity index (χ2n) is 11.3. The zero-order valence-electron chi connectivity index (χ0n) is 20.7. The van der Waals surface area contributed by atoms with Crippen LogP contribution in [0.25, 0.3) is 0 Å². The minimum absolute atomic E-state index is 0.0177. The van der Waals surface area contributed by atoms with E-state index in [1.165, 1.54) is 29.5 Å². The highest BCUT2D eigenvalue weighted by molar-refractivity contribution is 5.85. The van der Waals surface area contributed by atoms with E-state index < -0.39 is 11.0 Å². The Morgan fingerprint density at radius 2 is 2.00 bits per heavy atom. The Bertz CT molecular complexity index is 1100. The number of benzene rings is 2. The van der Waals surface area contributed by atoms with Gasteiger partial charge in [0.15, 0.2) is 0 Å². The van der Waals surface area contributed by atoms with Gasteiger partial charge in [-0.25, -0.2) is 0 Å². The SMILES string of the molecule is COc1cc(CC2CC2)c2c(c1)[C@]13CCN[C@H](C2)[C@]1(O)C[C@H](CCOCc1ccccc1)C(=O)C3. The maximum Gasteiger partial charge on any atom is 0.137 e. The highest BCUT2D eigenvalue weighted by Crippen LogP contribution is 2.58. The van der Waals surface area contributed by atoms with Gasteiger partial charge in [0.25, 0.3) is 0 Å². The zero-order valence-corrected chi connectivity index (χ0v) is 20.7. The molecule has 2 aromatic carbocycles. The van der Waals surface area contributed by atoms with Gasteiger partial charge < -0.3 is 19.9 Å². The molecule has 3 fully saturated rings. The Labute approximate surface area is 208 Å². The van der Waals surface area contributed by atoms with Gasteiger partial charge in [-0.05, 0) is 91.8 Å². The molecular weight excluding hydrogens is 438 g/mol. The van der Waals surface area contributed by atoms with Gasteiger partial charge in [-0.1, -0.05) is 30.3 Å². The lowest BCUT2D eigenvalue weighted by Gasteiger charge is -2.62. The number of ether oxygens (including phenoxy) is 2. The molecule has 0 unspecified atom stereocenters. The maximum absolute atomic E-state index is 13.6. The second kappa shape index (κ2) is 9.02. The lowest BCUT2D eigenvalue weighted by Crippen LogP contribution is -2.73. The highest BCUT2D eigenvalue weighted by Gasteiger charge is 2.64. The fraction of sp³-hybridized carbons (Fsp3) is 0.567. The minimum Gasteiger partial charge on any atom is -0.497 e. The summed E-state index contributed by atoms with van der Waals surface area (Å²) in [4.78, 5) is 13.6. The van der Waals surface area contributed by atoms with Crippen LogP contribution in [-0.2, 0) is 34.4 Å². The van der Waals surface area contributed by atoms with Crippen molar-refractivity contribution >= 4 is 5.78 Å². The fourth-order valence-corrected chi connectivity index (χ4v) is 7.15. The van der Waals surface area contributed by atoms with E-state index in [0.29, 0.717) is 32.5 Å². The van der Waals surface area contributed by atoms with E-state index in [9.17, 15) is 9.90 Å². The second-order valence-corrected chi connectivity index (χ2v) is 11.3. The molecule has 4 atom stereocenters. The summed E-state index contributed by atoms with van der Waals surface area (Å²) >= 11 is 0. The molecule has 2 N–H and O–H groups in total. The van der Waals surface area contributed by atoms with Gasteiger partial charge in [-0.15, -0.1) is 0 Å². The molecule has 35 heavy (non-hydrogen) atoms. The highest BCUT2D eigenvalue weighted by atomic mass is 16.5. The number of aliphatic hydroxyl groups is 1. The third kappa shape index (κ3) is 4.02. The van der Waals surface area contributed by atoms with Crippen LogP contribution in [0.5, 0.6) is 5.75 Å². The fourth-order valence-electron chi connectivity index (χ4n) is 7.15. The molecule has 0 aromatic heterocycles. The van der Waals surface area contributed by atoms with Crippen molar-refractivity contribution in [3.63, 3.8) is 0 Å². The third-order valence-corrected chi connectivity index (χ3v) is 9.24. The number of carbonyl (C=O) groups excluding carboxylic acids is 1. The summed E-state index contributed by atoms with van der Waals surface area (Å²) in [7, 11) is 1.72. The monoisotopic (exact) mass is 475 g/mol. The average molecular weight is 476 g/mol. The van der Waals surface area contributed by atoms with E-state index in [-0.39, 0.29) is 17.7 Å². The number of Topliss-reactive ketones (excluding diaryl/α,β-unsaturated/α-hetero) is 1. The molecule has 1 aliphatic heterocycles. The van der Waals surface area contributed by atoms with E-state index in [2.05, 4.69) is 29.6 Å². The first kappa shape index (κ1) is 23.2. The quantitative estimate of drug-likeness (QED) is 0.562. The van der Waals surface area contributed by atoms with Crippen molar-refractivity contribution in [1.29, 1.82) is 0 Å². The summed E-state index contributed by atoms with van der Waals surface area (Å²) in [5, 5.41) is 16.0. The molecule has 1 heterocycles. The van der Waals surface area contributed by atoms with Crippen molar-refractivity contribution in [2.75, 3.05) is 20.3 Å². The van der Waals surface area contributed by atoms with Gasteiger partial charge in [0.05, 0.1) is 19.3 Å². The number of carbonyl (C=O) groups is 1. The lowest BCUT2D eigenvalue weighted by atomic mass is 9.48. The molecule has 2 saturated carbocycles. The number of methoxy groups -OCH3 is 1. The number of piperidine rings is 1. The molecule has 4 aliphatic rings. The summed E-state index contributed by atoms with van der Waals surface area (Å²) in [5.74, 6) is 1.74. The first-order chi connectivity index (χ1) is 17.0. The molecule has 186 valence electrons. The number of hydrogen-bond donors (Lipinski definition) is 2. The van der Waals surface area contributed by atoms with E-state index >= 15 is 0 Å². The Balaban J connectivity index is 1.26. The summed E-state index contributed by atoms with van der Waals surface area (Å²) in [6.45, 7) is 1.92. The van der Waals surface area contributed by atoms with Crippen LogP contribution in [-0.4, -0.2) is 42.8 Å². The minimum atomic E-state index is -0.931. The number of hydrogen-bond acceptors (Lipinski definition) is 5. The Morgan fingerprint density at radius 1 is 1.17 bits per heavy atom. The number of fused-ring (bicyclic) bond motifs is 1. The topological polar surface area (TPSA) is 67.8 Å². The molecule has 2 bridgehead atoms. The van der Waals surface area contributed by atoms with Crippen LogP contribution in [0.15, 0.2) is 42.5 Å². The summed E-state index contributed by atoms with van der Waals surface area (Å²) in [6.07, 6.45) is 6.87. The van der Waals surface area contributed by atoms with E-state index in [1.807, 2.05) is 18.2 Å². The van der Waals surface area contributed by atoms with Gasteiger partial charge in [0.2, 0.25) is 0 Å². The normalized spacial score (nSPS) is 31.5.